The third kappa shape index (κ3) is 3.14. The Balaban J connectivity index is 2.18. The third-order valence-electron chi connectivity index (χ3n) is 4.20. The van der Waals surface area contributed by atoms with Gasteiger partial charge < -0.3 is 5.11 Å². The average molecular weight is 323 g/mol. The Morgan fingerprint density at radius 3 is 2.00 bits per heavy atom. The predicted molar refractivity (Wildman–Crippen MR) is 97.6 cm³/mol. The molecule has 2 aromatic carbocycles. The first-order chi connectivity index (χ1) is 11.2. The Morgan fingerprint density at radius 1 is 0.875 bits per heavy atom. The lowest BCUT2D eigenvalue weighted by Crippen LogP contribution is -2.26. The van der Waals surface area contributed by atoms with Crippen LogP contribution in [0.2, 0.25) is 0 Å². The standard InChI is InChI=1S/C20H25N3O/c1-19(2,3)13-20(4,5)14-9-8-12-17(24)18(14)23-21-15-10-6-7-11-16(15)22-23/h6-12,24H,13H2,1-5H3. The summed E-state index contributed by atoms with van der Waals surface area (Å²) in [5, 5.41) is 19.7. The highest BCUT2D eigenvalue weighted by molar-refractivity contribution is 5.74. The van der Waals surface area contributed by atoms with Gasteiger partial charge in [0.05, 0.1) is 0 Å². The van der Waals surface area contributed by atoms with Crippen molar-refractivity contribution < 1.29 is 5.11 Å². The van der Waals surface area contributed by atoms with Crippen molar-refractivity contribution in [2.24, 2.45) is 5.41 Å². The van der Waals surface area contributed by atoms with Crippen LogP contribution in [-0.4, -0.2) is 20.1 Å². The van der Waals surface area contributed by atoms with E-state index >= 15 is 0 Å². The van der Waals surface area contributed by atoms with Gasteiger partial charge in [0, 0.05) is 0 Å². The highest BCUT2D eigenvalue weighted by Crippen LogP contribution is 2.41. The van der Waals surface area contributed by atoms with Gasteiger partial charge in [-0.15, -0.1) is 15.0 Å². The Morgan fingerprint density at radius 2 is 1.46 bits per heavy atom. The van der Waals surface area contributed by atoms with E-state index < -0.39 is 0 Å². The smallest absolute Gasteiger partial charge is 0.143 e. The van der Waals surface area contributed by atoms with Crippen LogP contribution in [0.3, 0.4) is 0 Å². The SMILES string of the molecule is CC(C)(C)CC(C)(C)c1cccc(O)c1-n1nc2ccccc2n1. The van der Waals surface area contributed by atoms with E-state index in [1.165, 1.54) is 0 Å². The number of rotatable bonds is 3. The predicted octanol–water partition coefficient (Wildman–Crippen LogP) is 4.84. The Labute approximate surface area is 143 Å². The fourth-order valence-corrected chi connectivity index (χ4v) is 3.67. The molecule has 4 heteroatoms. The molecule has 0 saturated carbocycles. The summed E-state index contributed by atoms with van der Waals surface area (Å²) in [7, 11) is 0. The largest absolute Gasteiger partial charge is 0.506 e. The molecule has 0 spiro atoms. The van der Waals surface area contributed by atoms with E-state index in [4.69, 9.17) is 0 Å². The number of hydrogen-bond donors (Lipinski definition) is 1. The maximum Gasteiger partial charge on any atom is 0.143 e. The molecule has 0 atom stereocenters. The number of aromatic hydroxyl groups is 1. The molecule has 3 rings (SSSR count). The van der Waals surface area contributed by atoms with Gasteiger partial charge in [-0.3, -0.25) is 0 Å². The van der Waals surface area contributed by atoms with Crippen LogP contribution in [0.15, 0.2) is 42.5 Å². The Bertz CT molecular complexity index is 839. The van der Waals surface area contributed by atoms with Crippen molar-refractivity contribution >= 4 is 11.0 Å². The molecule has 1 N–H and O–H groups in total. The number of phenols is 1. The topological polar surface area (TPSA) is 50.9 Å². The quantitative estimate of drug-likeness (QED) is 0.750. The number of phenolic OH excluding ortho intramolecular Hbond substituents is 1. The zero-order valence-corrected chi connectivity index (χ0v) is 15.0. The van der Waals surface area contributed by atoms with Crippen LogP contribution in [0.25, 0.3) is 16.7 Å². The maximum atomic E-state index is 10.5. The number of benzene rings is 2. The lowest BCUT2D eigenvalue weighted by molar-refractivity contribution is 0.282. The summed E-state index contributed by atoms with van der Waals surface area (Å²) in [5.41, 5.74) is 3.42. The monoisotopic (exact) mass is 323 g/mol. The fourth-order valence-electron chi connectivity index (χ4n) is 3.67. The first kappa shape index (κ1) is 16.5. The van der Waals surface area contributed by atoms with Gasteiger partial charge in [0.15, 0.2) is 0 Å². The molecule has 0 radical (unpaired) electrons. The van der Waals surface area contributed by atoms with E-state index in [0.29, 0.717) is 5.69 Å². The second kappa shape index (κ2) is 5.62. The molecule has 0 fully saturated rings. The van der Waals surface area contributed by atoms with Crippen molar-refractivity contribution in [3.63, 3.8) is 0 Å². The average Bonchev–Trinajstić information content (AvgIpc) is 2.87. The summed E-state index contributed by atoms with van der Waals surface area (Å²) < 4.78 is 0. The molecule has 4 nitrogen and oxygen atoms in total. The van der Waals surface area contributed by atoms with Gasteiger partial charge in [-0.1, -0.05) is 58.9 Å². The van der Waals surface area contributed by atoms with E-state index in [-0.39, 0.29) is 16.6 Å². The number of fused-ring (bicyclic) bond motifs is 1. The molecule has 0 bridgehead atoms. The van der Waals surface area contributed by atoms with Crippen molar-refractivity contribution in [2.75, 3.05) is 0 Å². The number of para-hydroxylation sites is 1. The lowest BCUT2D eigenvalue weighted by Gasteiger charge is -2.34. The third-order valence-corrected chi connectivity index (χ3v) is 4.20. The fraction of sp³-hybridized carbons (Fsp3) is 0.400. The molecule has 126 valence electrons. The first-order valence-corrected chi connectivity index (χ1v) is 8.32. The van der Waals surface area contributed by atoms with Gasteiger partial charge >= 0.3 is 0 Å². The van der Waals surface area contributed by atoms with Gasteiger partial charge in [-0.05, 0) is 41.0 Å². The van der Waals surface area contributed by atoms with E-state index in [1.54, 1.807) is 10.9 Å². The minimum absolute atomic E-state index is 0.119. The van der Waals surface area contributed by atoms with Gasteiger partial charge in [0.2, 0.25) is 0 Å². The first-order valence-electron chi connectivity index (χ1n) is 8.32. The van der Waals surface area contributed by atoms with Gasteiger partial charge in [0.1, 0.15) is 22.5 Å². The van der Waals surface area contributed by atoms with E-state index in [2.05, 4.69) is 50.9 Å². The van der Waals surface area contributed by atoms with Crippen LogP contribution in [-0.2, 0) is 5.41 Å². The summed E-state index contributed by atoms with van der Waals surface area (Å²) >= 11 is 0. The summed E-state index contributed by atoms with van der Waals surface area (Å²) in [6.45, 7) is 11.1. The molecule has 3 aromatic rings. The summed E-state index contributed by atoms with van der Waals surface area (Å²) in [5.74, 6) is 0.204. The lowest BCUT2D eigenvalue weighted by atomic mass is 9.72. The van der Waals surface area contributed by atoms with E-state index in [1.807, 2.05) is 30.3 Å². The van der Waals surface area contributed by atoms with Gasteiger partial charge in [0.25, 0.3) is 0 Å². The summed E-state index contributed by atoms with van der Waals surface area (Å²) in [6.07, 6.45) is 0.983. The molecule has 1 aromatic heterocycles. The number of hydrogen-bond acceptors (Lipinski definition) is 3. The summed E-state index contributed by atoms with van der Waals surface area (Å²) in [6, 6.07) is 13.4. The van der Waals surface area contributed by atoms with Crippen LogP contribution in [0.1, 0.15) is 46.6 Å². The second-order valence-electron chi connectivity index (χ2n) is 8.27. The molecule has 1 heterocycles. The normalized spacial score (nSPS) is 12.7. The van der Waals surface area contributed by atoms with E-state index in [0.717, 1.165) is 23.0 Å². The number of aromatic nitrogens is 3. The van der Waals surface area contributed by atoms with Crippen LogP contribution < -0.4 is 0 Å². The minimum Gasteiger partial charge on any atom is -0.506 e. The van der Waals surface area contributed by atoms with Crippen molar-refractivity contribution in [1.29, 1.82) is 0 Å². The molecule has 0 unspecified atom stereocenters. The van der Waals surface area contributed by atoms with Crippen LogP contribution in [0.5, 0.6) is 5.75 Å². The van der Waals surface area contributed by atoms with Crippen LogP contribution in [0.4, 0.5) is 0 Å². The molecule has 0 aliphatic carbocycles. The minimum atomic E-state index is -0.119. The van der Waals surface area contributed by atoms with E-state index in [9.17, 15) is 5.11 Å². The Hall–Kier alpha value is -2.36. The number of nitrogens with zero attached hydrogens (tertiary/aromatic N) is 3. The van der Waals surface area contributed by atoms with Crippen molar-refractivity contribution in [1.82, 2.24) is 15.0 Å². The second-order valence-corrected chi connectivity index (χ2v) is 8.27. The highest BCUT2D eigenvalue weighted by atomic mass is 16.3. The molecular formula is C20H25N3O. The highest BCUT2D eigenvalue weighted by Gasteiger charge is 2.31. The molecule has 24 heavy (non-hydrogen) atoms. The zero-order chi connectivity index (χ0) is 17.5. The van der Waals surface area contributed by atoms with Crippen LogP contribution in [0, 0.1) is 5.41 Å². The molecule has 0 saturated heterocycles. The molecule has 0 aliphatic rings. The summed E-state index contributed by atoms with van der Waals surface area (Å²) in [4.78, 5) is 1.57. The maximum absolute atomic E-state index is 10.5. The molecule has 0 aliphatic heterocycles. The van der Waals surface area contributed by atoms with Crippen molar-refractivity contribution in [3.05, 3.63) is 48.0 Å². The van der Waals surface area contributed by atoms with Gasteiger partial charge in [-0.2, -0.15) is 0 Å². The zero-order valence-electron chi connectivity index (χ0n) is 15.0. The van der Waals surface area contributed by atoms with Gasteiger partial charge in [-0.25, -0.2) is 0 Å². The Kier molecular flexibility index (Phi) is 3.86. The molecule has 0 amide bonds. The molecular weight excluding hydrogens is 298 g/mol. The van der Waals surface area contributed by atoms with Crippen molar-refractivity contribution in [3.8, 4) is 11.4 Å². The van der Waals surface area contributed by atoms with Crippen molar-refractivity contribution in [2.45, 2.75) is 46.5 Å². The van der Waals surface area contributed by atoms with Crippen LogP contribution >= 0.6 is 0 Å².